The van der Waals surface area contributed by atoms with Gasteiger partial charge in [-0.25, -0.2) is 15.0 Å². The molecule has 0 bridgehead atoms. The maximum absolute atomic E-state index is 8.98. The predicted octanol–water partition coefficient (Wildman–Crippen LogP) is 0.675. The normalized spacial score (nSPS) is 14.7. The van der Waals surface area contributed by atoms with E-state index in [4.69, 9.17) is 5.26 Å². The molecular weight excluding hydrogens is 318 g/mol. The summed E-state index contributed by atoms with van der Waals surface area (Å²) in [7, 11) is 0. The number of anilines is 2. The number of nitrogens with zero attached hydrogens (tertiary/aromatic N) is 9. The van der Waals surface area contributed by atoms with Crippen LogP contribution in [-0.4, -0.2) is 55.7 Å². The van der Waals surface area contributed by atoms with Gasteiger partial charge >= 0.3 is 0 Å². The third-order valence-electron chi connectivity index (χ3n) is 4.31. The van der Waals surface area contributed by atoms with Crippen LogP contribution in [0, 0.1) is 11.3 Å². The smallest absolute Gasteiger partial charge is 0.226 e. The average molecular weight is 335 g/mol. The molecule has 0 unspecified atom stereocenters. The van der Waals surface area contributed by atoms with Crippen LogP contribution in [-0.2, 0) is 6.42 Å². The number of piperazine rings is 1. The van der Waals surface area contributed by atoms with Crippen LogP contribution < -0.4 is 9.80 Å². The van der Waals surface area contributed by atoms with E-state index in [0.29, 0.717) is 11.6 Å². The summed E-state index contributed by atoms with van der Waals surface area (Å²) < 4.78 is 1.99. The maximum atomic E-state index is 8.98. The van der Waals surface area contributed by atoms with E-state index >= 15 is 0 Å². The molecule has 0 aliphatic carbocycles. The molecule has 9 nitrogen and oxygen atoms in total. The average Bonchev–Trinajstić information content (AvgIpc) is 3.11. The van der Waals surface area contributed by atoms with Crippen LogP contribution in [0.25, 0.3) is 5.65 Å². The summed E-state index contributed by atoms with van der Waals surface area (Å²) in [6.45, 7) is 5.13. The van der Waals surface area contributed by atoms with E-state index in [9.17, 15) is 0 Å². The Morgan fingerprint density at radius 3 is 2.64 bits per heavy atom. The first-order chi connectivity index (χ1) is 12.3. The Balaban J connectivity index is 1.54. The van der Waals surface area contributed by atoms with Crippen molar-refractivity contribution in [1.82, 2.24) is 29.5 Å². The first-order valence-corrected chi connectivity index (χ1v) is 8.22. The van der Waals surface area contributed by atoms with E-state index in [1.165, 1.54) is 0 Å². The van der Waals surface area contributed by atoms with E-state index in [1.54, 1.807) is 18.5 Å². The van der Waals surface area contributed by atoms with E-state index < -0.39 is 0 Å². The van der Waals surface area contributed by atoms with E-state index in [-0.39, 0.29) is 0 Å². The molecule has 3 aromatic heterocycles. The van der Waals surface area contributed by atoms with Crippen LogP contribution in [0.5, 0.6) is 0 Å². The highest BCUT2D eigenvalue weighted by Gasteiger charge is 2.23. The summed E-state index contributed by atoms with van der Waals surface area (Å²) in [5, 5.41) is 17.5. The molecule has 126 valence electrons. The standard InChI is InChI=1S/C16H17N9/c1-2-13-21-22-15-14(18-5-6-25(13)15)23-7-9-24(10-8-23)16-19-4-3-12(11-17)20-16/h3-6H,2,7-10H2,1H3. The number of hydrogen-bond donors (Lipinski definition) is 0. The van der Waals surface area contributed by atoms with Gasteiger partial charge in [0.1, 0.15) is 17.6 Å². The first-order valence-electron chi connectivity index (χ1n) is 8.22. The number of aromatic nitrogens is 6. The molecule has 0 spiro atoms. The highest BCUT2D eigenvalue weighted by atomic mass is 15.4. The lowest BCUT2D eigenvalue weighted by Crippen LogP contribution is -2.47. The van der Waals surface area contributed by atoms with E-state index in [1.807, 2.05) is 10.6 Å². The number of fused-ring (bicyclic) bond motifs is 1. The summed E-state index contributed by atoms with van der Waals surface area (Å²) >= 11 is 0. The van der Waals surface area contributed by atoms with Gasteiger partial charge in [0, 0.05) is 51.2 Å². The zero-order valence-corrected chi connectivity index (χ0v) is 13.9. The predicted molar refractivity (Wildman–Crippen MR) is 91.3 cm³/mol. The molecule has 0 radical (unpaired) electrons. The molecule has 1 aliphatic rings. The van der Waals surface area contributed by atoms with Crippen molar-refractivity contribution in [2.75, 3.05) is 36.0 Å². The quantitative estimate of drug-likeness (QED) is 0.689. The minimum atomic E-state index is 0.384. The molecule has 1 aliphatic heterocycles. The van der Waals surface area contributed by atoms with Gasteiger partial charge in [0.25, 0.3) is 0 Å². The fraction of sp³-hybridized carbons (Fsp3) is 0.375. The monoisotopic (exact) mass is 335 g/mol. The fourth-order valence-corrected chi connectivity index (χ4v) is 3.01. The Morgan fingerprint density at radius 2 is 1.88 bits per heavy atom. The highest BCUT2D eigenvalue weighted by Crippen LogP contribution is 2.20. The van der Waals surface area contributed by atoms with Crippen LogP contribution in [0.15, 0.2) is 24.7 Å². The summed E-state index contributed by atoms with van der Waals surface area (Å²) in [6.07, 6.45) is 6.13. The van der Waals surface area contributed by atoms with Gasteiger partial charge in [0.2, 0.25) is 11.6 Å². The number of rotatable bonds is 3. The Morgan fingerprint density at radius 1 is 1.08 bits per heavy atom. The van der Waals surface area contributed by atoms with Gasteiger partial charge in [-0.1, -0.05) is 6.92 Å². The number of nitriles is 1. The SMILES string of the molecule is CCc1nnc2c(N3CCN(c4nccc(C#N)n4)CC3)nccn12. The van der Waals surface area contributed by atoms with Crippen molar-refractivity contribution in [2.45, 2.75) is 13.3 Å². The van der Waals surface area contributed by atoms with Gasteiger partial charge in [0.15, 0.2) is 5.82 Å². The minimum Gasteiger partial charge on any atom is -0.350 e. The Labute approximate surface area is 144 Å². The van der Waals surface area contributed by atoms with Crippen LogP contribution in [0.1, 0.15) is 18.4 Å². The van der Waals surface area contributed by atoms with Crippen molar-refractivity contribution < 1.29 is 0 Å². The summed E-state index contributed by atoms with van der Waals surface area (Å²) in [5.41, 5.74) is 1.17. The van der Waals surface area contributed by atoms with Crippen molar-refractivity contribution in [1.29, 1.82) is 5.26 Å². The second kappa shape index (κ2) is 6.32. The lowest BCUT2D eigenvalue weighted by molar-refractivity contribution is 0.634. The van der Waals surface area contributed by atoms with Crippen molar-refractivity contribution >= 4 is 17.4 Å². The number of hydrogen-bond acceptors (Lipinski definition) is 8. The summed E-state index contributed by atoms with van der Waals surface area (Å²) in [5.74, 6) is 2.38. The van der Waals surface area contributed by atoms with Crippen molar-refractivity contribution in [3.63, 3.8) is 0 Å². The van der Waals surface area contributed by atoms with Crippen molar-refractivity contribution in [3.05, 3.63) is 36.2 Å². The lowest BCUT2D eigenvalue weighted by atomic mass is 10.3. The molecule has 1 saturated heterocycles. The Bertz CT molecular complexity index is 934. The first kappa shape index (κ1) is 15.3. The van der Waals surface area contributed by atoms with Gasteiger partial charge in [-0.05, 0) is 6.07 Å². The maximum Gasteiger partial charge on any atom is 0.226 e. The Kier molecular flexibility index (Phi) is 3.85. The van der Waals surface area contributed by atoms with Gasteiger partial charge in [0.05, 0.1) is 0 Å². The largest absolute Gasteiger partial charge is 0.350 e. The third kappa shape index (κ3) is 2.71. The minimum absolute atomic E-state index is 0.384. The lowest BCUT2D eigenvalue weighted by Gasteiger charge is -2.35. The molecule has 0 aromatic carbocycles. The summed E-state index contributed by atoms with van der Waals surface area (Å²) in [4.78, 5) is 17.3. The van der Waals surface area contributed by atoms with Gasteiger partial charge in [-0.15, -0.1) is 10.2 Å². The van der Waals surface area contributed by atoms with Crippen molar-refractivity contribution in [3.8, 4) is 6.07 Å². The van der Waals surface area contributed by atoms with Crippen molar-refractivity contribution in [2.24, 2.45) is 0 Å². The topological polar surface area (TPSA) is 99.1 Å². The summed E-state index contributed by atoms with van der Waals surface area (Å²) in [6, 6.07) is 3.66. The molecule has 0 saturated carbocycles. The van der Waals surface area contributed by atoms with Crippen LogP contribution in [0.3, 0.4) is 0 Å². The second-order valence-corrected chi connectivity index (χ2v) is 5.74. The molecular formula is C16H17N9. The number of aryl methyl sites for hydroxylation is 1. The molecule has 0 atom stereocenters. The molecule has 25 heavy (non-hydrogen) atoms. The molecule has 4 heterocycles. The van der Waals surface area contributed by atoms with Crippen LogP contribution in [0.4, 0.5) is 11.8 Å². The van der Waals surface area contributed by atoms with Gasteiger partial charge in [-0.2, -0.15) is 5.26 Å². The molecule has 9 heteroatoms. The van der Waals surface area contributed by atoms with Gasteiger partial charge < -0.3 is 9.80 Å². The zero-order chi connectivity index (χ0) is 17.2. The third-order valence-corrected chi connectivity index (χ3v) is 4.31. The molecule has 1 fully saturated rings. The van der Waals surface area contributed by atoms with E-state index in [0.717, 1.165) is 49.9 Å². The van der Waals surface area contributed by atoms with Gasteiger partial charge in [-0.3, -0.25) is 4.40 Å². The highest BCUT2D eigenvalue weighted by molar-refractivity contribution is 5.64. The zero-order valence-electron chi connectivity index (χ0n) is 13.9. The van der Waals surface area contributed by atoms with Crippen LogP contribution >= 0.6 is 0 Å². The molecule has 0 amide bonds. The molecule has 3 aromatic rings. The fourth-order valence-electron chi connectivity index (χ4n) is 3.01. The second-order valence-electron chi connectivity index (χ2n) is 5.74. The van der Waals surface area contributed by atoms with E-state index in [2.05, 4.69) is 47.9 Å². The van der Waals surface area contributed by atoms with Crippen LogP contribution in [0.2, 0.25) is 0 Å². The molecule has 0 N–H and O–H groups in total. The molecule has 4 rings (SSSR count). The Hall–Kier alpha value is -3.28.